The number of nitro groups is 1. The summed E-state index contributed by atoms with van der Waals surface area (Å²) in [6.45, 7) is 0. The van der Waals surface area contributed by atoms with Crippen LogP contribution in [0.2, 0.25) is 0 Å². The molecule has 0 heterocycles. The van der Waals surface area contributed by atoms with Crippen LogP contribution < -0.4 is 29.6 Å². The topological polar surface area (TPSA) is 132 Å². The molecule has 1 aliphatic carbocycles. The summed E-state index contributed by atoms with van der Waals surface area (Å²) in [5, 5.41) is 11.2. The van der Waals surface area contributed by atoms with Crippen molar-refractivity contribution in [1.29, 1.82) is 0 Å². The maximum Gasteiger partial charge on any atom is 1.00 e. The third-order valence-corrected chi connectivity index (χ3v) is 4.31. The molecule has 0 amide bonds. The van der Waals surface area contributed by atoms with E-state index >= 15 is 0 Å². The van der Waals surface area contributed by atoms with Gasteiger partial charge < -0.3 is 0 Å². The Bertz CT molecular complexity index is 1010. The standard InChI is InChI=1S/C14H7NO7S.Na/c16-13-8-3-1-2-4-9(8)14(17)12-10(13)5-7(23(20,21)22)6-11(12)15(18)19;/h1-6H,(H,20,21,22);/q;+1. The summed E-state index contributed by atoms with van der Waals surface area (Å²) < 4.78 is 31.6. The molecule has 3 rings (SSSR count). The van der Waals surface area contributed by atoms with Gasteiger partial charge in [-0.3, -0.25) is 24.3 Å². The number of hydrogen-bond acceptors (Lipinski definition) is 6. The molecule has 10 heteroatoms. The molecule has 1 aliphatic rings. The van der Waals surface area contributed by atoms with Crippen LogP contribution in [0.5, 0.6) is 0 Å². The fourth-order valence-corrected chi connectivity index (χ4v) is 3.00. The average Bonchev–Trinajstić information content (AvgIpc) is 2.50. The smallest absolute Gasteiger partial charge is 0.289 e. The molecule has 0 aromatic heterocycles. The number of carbonyl (C=O) groups is 2. The predicted molar refractivity (Wildman–Crippen MR) is 76.2 cm³/mol. The maximum atomic E-state index is 12.5. The van der Waals surface area contributed by atoms with E-state index in [2.05, 4.69) is 0 Å². The van der Waals surface area contributed by atoms with E-state index in [-0.39, 0.29) is 40.7 Å². The van der Waals surface area contributed by atoms with E-state index in [0.29, 0.717) is 6.07 Å². The molecule has 0 bridgehead atoms. The molecule has 8 nitrogen and oxygen atoms in total. The van der Waals surface area contributed by atoms with Gasteiger partial charge >= 0.3 is 29.6 Å². The van der Waals surface area contributed by atoms with E-state index in [9.17, 15) is 28.1 Å². The second-order valence-corrected chi connectivity index (χ2v) is 6.22. The predicted octanol–water partition coefficient (Wildman–Crippen LogP) is -1.38. The Morgan fingerprint density at radius 1 is 0.958 bits per heavy atom. The number of rotatable bonds is 2. The first-order chi connectivity index (χ1) is 10.7. The van der Waals surface area contributed by atoms with E-state index in [0.717, 1.165) is 6.07 Å². The molecule has 0 unspecified atom stereocenters. The van der Waals surface area contributed by atoms with E-state index < -0.39 is 48.3 Å². The van der Waals surface area contributed by atoms with Crippen molar-refractivity contribution >= 4 is 27.4 Å². The summed E-state index contributed by atoms with van der Waals surface area (Å²) in [4.78, 5) is 34.3. The molecule has 0 saturated carbocycles. The third kappa shape index (κ3) is 2.80. The van der Waals surface area contributed by atoms with Crippen molar-refractivity contribution in [3.63, 3.8) is 0 Å². The summed E-state index contributed by atoms with van der Waals surface area (Å²) in [5.74, 6) is -1.47. The fourth-order valence-electron chi connectivity index (χ4n) is 2.47. The number of fused-ring (bicyclic) bond motifs is 2. The van der Waals surface area contributed by atoms with Crippen LogP contribution in [0.1, 0.15) is 31.8 Å². The Morgan fingerprint density at radius 3 is 2.00 bits per heavy atom. The second-order valence-electron chi connectivity index (χ2n) is 4.80. The number of nitro benzene ring substituents is 1. The van der Waals surface area contributed by atoms with Gasteiger partial charge in [0.2, 0.25) is 5.78 Å². The molecule has 0 fully saturated rings. The van der Waals surface area contributed by atoms with Gasteiger partial charge in [-0.25, -0.2) is 0 Å². The molecule has 0 spiro atoms. The van der Waals surface area contributed by atoms with E-state index in [1.807, 2.05) is 0 Å². The zero-order valence-corrected chi connectivity index (χ0v) is 15.0. The molecule has 0 aliphatic heterocycles. The van der Waals surface area contributed by atoms with Crippen LogP contribution in [-0.2, 0) is 10.1 Å². The first-order valence-corrected chi connectivity index (χ1v) is 7.64. The number of hydrogen-bond donors (Lipinski definition) is 1. The van der Waals surface area contributed by atoms with Crippen LogP contribution >= 0.6 is 0 Å². The Kier molecular flexibility index (Phi) is 4.75. The fraction of sp³-hybridized carbons (Fsp3) is 0. The molecule has 0 radical (unpaired) electrons. The van der Waals surface area contributed by atoms with Crippen LogP contribution in [0.3, 0.4) is 0 Å². The first kappa shape index (κ1) is 18.4. The maximum absolute atomic E-state index is 12.5. The Hall–Kier alpha value is -1.91. The van der Waals surface area contributed by atoms with Crippen LogP contribution in [0.15, 0.2) is 41.3 Å². The van der Waals surface area contributed by atoms with Gasteiger partial charge in [0.25, 0.3) is 15.8 Å². The summed E-state index contributed by atoms with van der Waals surface area (Å²) in [5.41, 5.74) is -1.72. The van der Waals surface area contributed by atoms with Gasteiger partial charge in [-0.15, -0.1) is 0 Å². The summed E-state index contributed by atoms with van der Waals surface area (Å²) in [7, 11) is -4.78. The zero-order valence-electron chi connectivity index (χ0n) is 12.2. The zero-order chi connectivity index (χ0) is 16.9. The van der Waals surface area contributed by atoms with E-state index in [1.165, 1.54) is 24.3 Å². The van der Waals surface area contributed by atoms with Crippen molar-refractivity contribution in [2.75, 3.05) is 0 Å². The van der Waals surface area contributed by atoms with Gasteiger partial charge in [0.15, 0.2) is 5.78 Å². The first-order valence-electron chi connectivity index (χ1n) is 6.20. The van der Waals surface area contributed by atoms with Crippen LogP contribution in [0.4, 0.5) is 5.69 Å². The SMILES string of the molecule is O=C1c2ccccc2C(=O)c2c1cc(S(=O)(=O)O)cc2[N+](=O)[O-].[Na+]. The van der Waals surface area contributed by atoms with Crippen molar-refractivity contribution in [2.24, 2.45) is 0 Å². The van der Waals surface area contributed by atoms with Crippen LogP contribution in [0.25, 0.3) is 0 Å². The van der Waals surface area contributed by atoms with Gasteiger partial charge in [-0.05, 0) is 6.07 Å². The van der Waals surface area contributed by atoms with Crippen LogP contribution in [-0.4, -0.2) is 29.5 Å². The second kappa shape index (κ2) is 6.19. The summed E-state index contributed by atoms with van der Waals surface area (Å²) in [6, 6.07) is 7.08. The Morgan fingerprint density at radius 2 is 1.50 bits per heavy atom. The molecule has 116 valence electrons. The van der Waals surface area contributed by atoms with Crippen LogP contribution in [0, 0.1) is 10.1 Å². The van der Waals surface area contributed by atoms with Crippen molar-refractivity contribution in [3.05, 3.63) is 68.8 Å². The van der Waals surface area contributed by atoms with Gasteiger partial charge in [-0.1, -0.05) is 24.3 Å². The molecular weight excluding hydrogens is 349 g/mol. The van der Waals surface area contributed by atoms with Crippen molar-refractivity contribution < 1.29 is 57.0 Å². The minimum atomic E-state index is -4.78. The molecule has 2 aromatic carbocycles. The van der Waals surface area contributed by atoms with Crippen molar-refractivity contribution in [1.82, 2.24) is 0 Å². The number of ketones is 2. The van der Waals surface area contributed by atoms with E-state index in [4.69, 9.17) is 4.55 Å². The third-order valence-electron chi connectivity index (χ3n) is 3.47. The Labute approximate surface area is 157 Å². The largest absolute Gasteiger partial charge is 1.00 e. The Balaban J connectivity index is 0.00000208. The van der Waals surface area contributed by atoms with Crippen molar-refractivity contribution in [2.45, 2.75) is 4.90 Å². The molecule has 2 aromatic rings. The van der Waals surface area contributed by atoms with Crippen molar-refractivity contribution in [3.8, 4) is 0 Å². The minimum Gasteiger partial charge on any atom is -0.289 e. The normalized spacial score (nSPS) is 12.9. The molecule has 0 atom stereocenters. The molecule has 1 N–H and O–H groups in total. The molecular formula is C14H7NNaO7S+. The number of nitrogens with zero attached hydrogens (tertiary/aromatic N) is 1. The molecule has 24 heavy (non-hydrogen) atoms. The summed E-state index contributed by atoms with van der Waals surface area (Å²) >= 11 is 0. The van der Waals surface area contributed by atoms with Gasteiger partial charge in [0.05, 0.1) is 4.92 Å². The summed E-state index contributed by atoms with van der Waals surface area (Å²) in [6.07, 6.45) is 0. The van der Waals surface area contributed by atoms with E-state index in [1.54, 1.807) is 0 Å². The van der Waals surface area contributed by atoms with Gasteiger partial charge in [-0.2, -0.15) is 8.42 Å². The number of carbonyl (C=O) groups excluding carboxylic acids is 2. The average molecular weight is 356 g/mol. The van der Waals surface area contributed by atoms with Gasteiger partial charge in [0.1, 0.15) is 10.5 Å². The number of benzene rings is 2. The minimum absolute atomic E-state index is 0. The van der Waals surface area contributed by atoms with Gasteiger partial charge in [0, 0.05) is 22.8 Å². The molecule has 0 saturated heterocycles. The monoisotopic (exact) mass is 356 g/mol. The quantitative estimate of drug-likeness (QED) is 0.259.